The number of aliphatic hydroxyl groups is 1. The summed E-state index contributed by atoms with van der Waals surface area (Å²) in [6.07, 6.45) is 1.71. The monoisotopic (exact) mass is 268 g/mol. The first-order valence-corrected chi connectivity index (χ1v) is 6.55. The molecule has 3 aromatic rings. The summed E-state index contributed by atoms with van der Waals surface area (Å²) in [6, 6.07) is 13.8. The van der Waals surface area contributed by atoms with Gasteiger partial charge in [0.15, 0.2) is 5.65 Å². The molecule has 0 aliphatic carbocycles. The third kappa shape index (κ3) is 2.35. The number of hydrogen-bond donors (Lipinski definition) is 2. The van der Waals surface area contributed by atoms with Crippen molar-refractivity contribution in [2.24, 2.45) is 0 Å². The molecule has 0 aliphatic heterocycles. The number of fused-ring (bicyclic) bond motifs is 1. The lowest BCUT2D eigenvalue weighted by molar-refractivity contribution is 0.281. The molecular formula is C15H16N4O. The Bertz CT molecular complexity index is 708. The van der Waals surface area contributed by atoms with Gasteiger partial charge in [-0.15, -0.1) is 0 Å². The molecule has 2 heterocycles. The van der Waals surface area contributed by atoms with Crippen molar-refractivity contribution in [1.82, 2.24) is 14.6 Å². The molecule has 2 aromatic heterocycles. The van der Waals surface area contributed by atoms with Crippen molar-refractivity contribution in [3.8, 4) is 11.3 Å². The highest BCUT2D eigenvalue weighted by Gasteiger charge is 2.09. The Hall–Kier alpha value is -2.40. The van der Waals surface area contributed by atoms with E-state index in [1.165, 1.54) is 0 Å². The zero-order valence-corrected chi connectivity index (χ0v) is 11.2. The summed E-state index contributed by atoms with van der Waals surface area (Å²) >= 11 is 0. The van der Waals surface area contributed by atoms with E-state index in [-0.39, 0.29) is 12.6 Å². The van der Waals surface area contributed by atoms with Crippen LogP contribution in [0.4, 0.5) is 5.82 Å². The van der Waals surface area contributed by atoms with Gasteiger partial charge in [-0.05, 0) is 6.92 Å². The predicted molar refractivity (Wildman–Crippen MR) is 78.6 cm³/mol. The molecule has 0 saturated carbocycles. The van der Waals surface area contributed by atoms with Gasteiger partial charge in [0.05, 0.1) is 18.5 Å². The number of aromatic nitrogens is 3. The Kier molecular flexibility index (Phi) is 3.35. The molecule has 2 N–H and O–H groups in total. The number of nitrogens with one attached hydrogen (secondary N) is 1. The fourth-order valence-electron chi connectivity index (χ4n) is 2.07. The molecule has 0 radical (unpaired) electrons. The summed E-state index contributed by atoms with van der Waals surface area (Å²) in [6.45, 7) is 1.98. The molecule has 1 aromatic carbocycles. The van der Waals surface area contributed by atoms with Gasteiger partial charge in [-0.3, -0.25) is 0 Å². The van der Waals surface area contributed by atoms with Gasteiger partial charge in [-0.1, -0.05) is 30.3 Å². The maximum Gasteiger partial charge on any atom is 0.157 e. The summed E-state index contributed by atoms with van der Waals surface area (Å²) in [5.74, 6) is 0.820. The van der Waals surface area contributed by atoms with E-state index in [0.717, 1.165) is 22.7 Å². The van der Waals surface area contributed by atoms with Crippen LogP contribution in [0.5, 0.6) is 0 Å². The Morgan fingerprint density at radius 2 is 2.05 bits per heavy atom. The van der Waals surface area contributed by atoms with E-state index >= 15 is 0 Å². The van der Waals surface area contributed by atoms with Crippen LogP contribution in [0.25, 0.3) is 16.9 Å². The Morgan fingerprint density at radius 3 is 2.80 bits per heavy atom. The minimum atomic E-state index is -0.0478. The third-order valence-corrected chi connectivity index (χ3v) is 3.10. The largest absolute Gasteiger partial charge is 0.394 e. The number of rotatable bonds is 4. The van der Waals surface area contributed by atoms with Crippen LogP contribution in [-0.4, -0.2) is 32.4 Å². The van der Waals surface area contributed by atoms with E-state index in [4.69, 9.17) is 0 Å². The van der Waals surface area contributed by atoms with Gasteiger partial charge in [0.1, 0.15) is 5.82 Å². The van der Waals surface area contributed by atoms with Crippen LogP contribution in [0.1, 0.15) is 6.92 Å². The van der Waals surface area contributed by atoms with Gasteiger partial charge in [-0.2, -0.15) is 9.61 Å². The molecule has 0 amide bonds. The lowest BCUT2D eigenvalue weighted by Crippen LogP contribution is -2.21. The molecule has 20 heavy (non-hydrogen) atoms. The summed E-state index contributed by atoms with van der Waals surface area (Å²) in [4.78, 5) is 4.60. The van der Waals surface area contributed by atoms with E-state index in [0.29, 0.717) is 0 Å². The highest BCUT2D eigenvalue weighted by Crippen LogP contribution is 2.22. The summed E-state index contributed by atoms with van der Waals surface area (Å²) in [5, 5.41) is 16.7. The Morgan fingerprint density at radius 1 is 1.25 bits per heavy atom. The van der Waals surface area contributed by atoms with Crippen molar-refractivity contribution in [1.29, 1.82) is 0 Å². The average molecular weight is 268 g/mol. The first-order valence-electron chi connectivity index (χ1n) is 6.55. The first-order chi connectivity index (χ1) is 9.78. The van der Waals surface area contributed by atoms with Crippen LogP contribution in [-0.2, 0) is 0 Å². The number of nitrogens with zero attached hydrogens (tertiary/aromatic N) is 3. The predicted octanol–water partition coefficient (Wildman–Crippen LogP) is 2.19. The van der Waals surface area contributed by atoms with Crippen molar-refractivity contribution >= 4 is 11.5 Å². The van der Waals surface area contributed by atoms with Crippen LogP contribution in [0.3, 0.4) is 0 Å². The van der Waals surface area contributed by atoms with Gasteiger partial charge in [0.2, 0.25) is 0 Å². The lowest BCUT2D eigenvalue weighted by Gasteiger charge is -2.14. The maximum absolute atomic E-state index is 9.20. The second-order valence-electron chi connectivity index (χ2n) is 4.72. The highest BCUT2D eigenvalue weighted by molar-refractivity contribution is 5.66. The van der Waals surface area contributed by atoms with Crippen LogP contribution in [0, 0.1) is 0 Å². The quantitative estimate of drug-likeness (QED) is 0.761. The van der Waals surface area contributed by atoms with Crippen molar-refractivity contribution in [3.63, 3.8) is 0 Å². The molecule has 0 saturated heterocycles. The van der Waals surface area contributed by atoms with Crippen LogP contribution < -0.4 is 5.32 Å². The number of aliphatic hydroxyl groups excluding tert-OH is 1. The van der Waals surface area contributed by atoms with Crippen LogP contribution in [0.2, 0.25) is 0 Å². The average Bonchev–Trinajstić information content (AvgIpc) is 2.96. The molecule has 1 unspecified atom stereocenters. The molecule has 5 nitrogen and oxygen atoms in total. The standard InChI is InChI=1S/C15H16N4O/c1-11(10-20)17-15-9-13(12-5-3-2-4-6-12)18-14-7-8-16-19(14)15/h2-9,11,17,20H,10H2,1H3. The van der Waals surface area contributed by atoms with Gasteiger partial charge in [-0.25, -0.2) is 4.98 Å². The fourth-order valence-corrected chi connectivity index (χ4v) is 2.07. The van der Waals surface area contributed by atoms with Crippen molar-refractivity contribution in [2.45, 2.75) is 13.0 Å². The zero-order valence-electron chi connectivity index (χ0n) is 11.2. The van der Waals surface area contributed by atoms with E-state index in [2.05, 4.69) is 15.4 Å². The molecular weight excluding hydrogens is 252 g/mol. The number of benzene rings is 1. The molecule has 1 atom stereocenters. The normalized spacial score (nSPS) is 12.5. The maximum atomic E-state index is 9.20. The van der Waals surface area contributed by atoms with E-state index in [9.17, 15) is 5.11 Å². The number of hydrogen-bond acceptors (Lipinski definition) is 4. The second kappa shape index (κ2) is 5.30. The zero-order chi connectivity index (χ0) is 13.9. The summed E-state index contributed by atoms with van der Waals surface area (Å²) < 4.78 is 1.73. The van der Waals surface area contributed by atoms with Crippen molar-refractivity contribution in [2.75, 3.05) is 11.9 Å². The van der Waals surface area contributed by atoms with Crippen LogP contribution >= 0.6 is 0 Å². The lowest BCUT2D eigenvalue weighted by atomic mass is 10.1. The van der Waals surface area contributed by atoms with Crippen molar-refractivity contribution < 1.29 is 5.11 Å². The molecule has 5 heteroatoms. The molecule has 0 spiro atoms. The SMILES string of the molecule is CC(CO)Nc1cc(-c2ccccc2)nc2ccnn12. The van der Waals surface area contributed by atoms with Crippen molar-refractivity contribution in [3.05, 3.63) is 48.7 Å². The minimum absolute atomic E-state index is 0.0478. The van der Waals surface area contributed by atoms with Gasteiger partial charge in [0.25, 0.3) is 0 Å². The summed E-state index contributed by atoms with van der Waals surface area (Å²) in [7, 11) is 0. The highest BCUT2D eigenvalue weighted by atomic mass is 16.3. The van der Waals surface area contributed by atoms with Gasteiger partial charge in [0, 0.05) is 23.7 Å². The van der Waals surface area contributed by atoms with E-state index in [1.54, 1.807) is 10.7 Å². The molecule has 102 valence electrons. The van der Waals surface area contributed by atoms with Crippen LogP contribution in [0.15, 0.2) is 48.7 Å². The second-order valence-corrected chi connectivity index (χ2v) is 4.72. The molecule has 3 rings (SSSR count). The molecule has 0 bridgehead atoms. The Balaban J connectivity index is 2.11. The number of anilines is 1. The smallest absolute Gasteiger partial charge is 0.157 e. The summed E-state index contributed by atoms with van der Waals surface area (Å²) in [5.41, 5.74) is 2.71. The molecule has 0 aliphatic rings. The van der Waals surface area contributed by atoms with Gasteiger partial charge < -0.3 is 10.4 Å². The topological polar surface area (TPSA) is 62.5 Å². The Labute approximate surface area is 116 Å². The molecule has 0 fully saturated rings. The van der Waals surface area contributed by atoms with E-state index < -0.39 is 0 Å². The first kappa shape index (κ1) is 12.6. The van der Waals surface area contributed by atoms with E-state index in [1.807, 2.05) is 49.4 Å². The third-order valence-electron chi connectivity index (χ3n) is 3.10. The fraction of sp³-hybridized carbons (Fsp3) is 0.200. The van der Waals surface area contributed by atoms with Gasteiger partial charge >= 0.3 is 0 Å². The minimum Gasteiger partial charge on any atom is -0.394 e.